The summed E-state index contributed by atoms with van der Waals surface area (Å²) in [6, 6.07) is 4.46. The first-order valence-electron chi connectivity index (χ1n) is 4.52. The summed E-state index contributed by atoms with van der Waals surface area (Å²) in [5.74, 6) is -0.634. The van der Waals surface area contributed by atoms with Gasteiger partial charge in [-0.25, -0.2) is 4.39 Å². The Hall–Kier alpha value is -1.56. The lowest BCUT2D eigenvalue weighted by molar-refractivity contribution is -0.113. The van der Waals surface area contributed by atoms with Crippen molar-refractivity contribution in [3.8, 4) is 0 Å². The van der Waals surface area contributed by atoms with Crippen LogP contribution in [0, 0.1) is 18.2 Å². The minimum atomic E-state index is -0.364. The average Bonchev–Trinajstić information content (AvgIpc) is 2.21. The Bertz CT molecular complexity index is 423. The van der Waals surface area contributed by atoms with Crippen molar-refractivity contribution in [3.63, 3.8) is 0 Å². The van der Waals surface area contributed by atoms with E-state index in [1.165, 1.54) is 6.07 Å². The van der Waals surface area contributed by atoms with Crippen molar-refractivity contribution in [1.29, 1.82) is 5.41 Å². The summed E-state index contributed by atoms with van der Waals surface area (Å²) in [5, 5.41) is 9.32. The van der Waals surface area contributed by atoms with E-state index in [-0.39, 0.29) is 22.6 Å². The number of aryl methyl sites for hydroxylation is 1. The van der Waals surface area contributed by atoms with E-state index in [2.05, 4.69) is 5.32 Å². The lowest BCUT2D eigenvalue weighted by Gasteiger charge is -2.05. The number of hydrogen-bond donors (Lipinski definition) is 3. The van der Waals surface area contributed by atoms with Gasteiger partial charge in [0.05, 0.1) is 5.75 Å². The third-order valence-corrected chi connectivity index (χ3v) is 2.53. The van der Waals surface area contributed by atoms with Crippen molar-refractivity contribution < 1.29 is 9.18 Å². The zero-order valence-electron chi connectivity index (χ0n) is 8.71. The van der Waals surface area contributed by atoms with Crippen LogP contribution in [0.15, 0.2) is 18.2 Å². The molecule has 0 spiro atoms. The summed E-state index contributed by atoms with van der Waals surface area (Å²) in [4.78, 5) is 11.3. The minimum Gasteiger partial charge on any atom is -0.379 e. The van der Waals surface area contributed by atoms with Crippen LogP contribution >= 0.6 is 11.8 Å². The van der Waals surface area contributed by atoms with Crippen molar-refractivity contribution in [1.82, 2.24) is 0 Å². The molecule has 0 saturated heterocycles. The molecule has 0 radical (unpaired) electrons. The lowest BCUT2D eigenvalue weighted by Crippen LogP contribution is -2.17. The highest BCUT2D eigenvalue weighted by Gasteiger charge is 2.05. The second-order valence-corrected chi connectivity index (χ2v) is 4.18. The average molecular weight is 241 g/mol. The highest BCUT2D eigenvalue weighted by atomic mass is 32.2. The summed E-state index contributed by atoms with van der Waals surface area (Å²) in [6.07, 6.45) is 0. The fourth-order valence-electron chi connectivity index (χ4n) is 1.01. The normalized spacial score (nSPS) is 9.88. The largest absolute Gasteiger partial charge is 0.379 e. The van der Waals surface area contributed by atoms with E-state index in [0.29, 0.717) is 11.3 Å². The van der Waals surface area contributed by atoms with E-state index in [1.807, 2.05) is 0 Å². The molecule has 0 bridgehead atoms. The van der Waals surface area contributed by atoms with E-state index in [9.17, 15) is 9.18 Å². The molecule has 0 aliphatic rings. The molecule has 0 fully saturated rings. The zero-order valence-corrected chi connectivity index (χ0v) is 9.53. The van der Waals surface area contributed by atoms with Crippen LogP contribution in [0.4, 0.5) is 10.1 Å². The number of rotatable bonds is 3. The number of halogens is 1. The molecular formula is C10H12FN3OS. The Labute approximate surface area is 96.9 Å². The molecule has 0 saturated carbocycles. The predicted octanol–water partition coefficient (Wildman–Crippen LogP) is 1.70. The van der Waals surface area contributed by atoms with Gasteiger partial charge in [-0.2, -0.15) is 0 Å². The molecule has 0 aliphatic heterocycles. The molecule has 1 rings (SSSR count). The van der Waals surface area contributed by atoms with Crippen LogP contribution in [0.3, 0.4) is 0 Å². The third-order valence-electron chi connectivity index (χ3n) is 1.81. The Morgan fingerprint density at radius 3 is 2.88 bits per heavy atom. The van der Waals surface area contributed by atoms with Crippen molar-refractivity contribution in [3.05, 3.63) is 29.6 Å². The highest BCUT2D eigenvalue weighted by Crippen LogP contribution is 2.13. The van der Waals surface area contributed by atoms with E-state index in [0.717, 1.165) is 11.8 Å². The van der Waals surface area contributed by atoms with Crippen LogP contribution in [-0.2, 0) is 4.79 Å². The molecule has 0 aromatic heterocycles. The lowest BCUT2D eigenvalue weighted by atomic mass is 10.2. The summed E-state index contributed by atoms with van der Waals surface area (Å²) in [7, 11) is 0. The first kappa shape index (κ1) is 12.5. The third kappa shape index (κ3) is 3.90. The van der Waals surface area contributed by atoms with Crippen LogP contribution < -0.4 is 11.1 Å². The van der Waals surface area contributed by atoms with Crippen LogP contribution in [0.25, 0.3) is 0 Å². The van der Waals surface area contributed by atoms with Gasteiger partial charge in [-0.15, -0.1) is 0 Å². The number of hydrogen-bond acceptors (Lipinski definition) is 3. The zero-order chi connectivity index (χ0) is 12.1. The van der Waals surface area contributed by atoms with Gasteiger partial charge in [0.2, 0.25) is 5.91 Å². The number of carbonyl (C=O) groups excluding carboxylic acids is 1. The van der Waals surface area contributed by atoms with Gasteiger partial charge >= 0.3 is 0 Å². The molecular weight excluding hydrogens is 229 g/mol. The highest BCUT2D eigenvalue weighted by molar-refractivity contribution is 8.14. The molecule has 0 aliphatic carbocycles. The topological polar surface area (TPSA) is 79.0 Å². The SMILES string of the molecule is Cc1ccc(NC(=O)CSC(=N)N)cc1F. The molecule has 4 nitrogen and oxygen atoms in total. The van der Waals surface area contributed by atoms with Crippen LogP contribution in [0.5, 0.6) is 0 Å². The van der Waals surface area contributed by atoms with Gasteiger partial charge in [0.25, 0.3) is 0 Å². The van der Waals surface area contributed by atoms with Crippen LogP contribution in [-0.4, -0.2) is 16.8 Å². The van der Waals surface area contributed by atoms with Gasteiger partial charge in [0.15, 0.2) is 5.17 Å². The Morgan fingerprint density at radius 1 is 1.62 bits per heavy atom. The second-order valence-electron chi connectivity index (χ2n) is 3.17. The molecule has 1 aromatic carbocycles. The van der Waals surface area contributed by atoms with Crippen molar-refractivity contribution in [2.75, 3.05) is 11.1 Å². The van der Waals surface area contributed by atoms with E-state index >= 15 is 0 Å². The van der Waals surface area contributed by atoms with Gasteiger partial charge in [-0.3, -0.25) is 10.2 Å². The number of amides is 1. The smallest absolute Gasteiger partial charge is 0.234 e. The molecule has 0 heterocycles. The van der Waals surface area contributed by atoms with Gasteiger partial charge in [0, 0.05) is 5.69 Å². The van der Waals surface area contributed by atoms with Gasteiger partial charge < -0.3 is 11.1 Å². The van der Waals surface area contributed by atoms with Crippen LogP contribution in [0.2, 0.25) is 0 Å². The molecule has 86 valence electrons. The molecule has 16 heavy (non-hydrogen) atoms. The second kappa shape index (κ2) is 5.50. The summed E-state index contributed by atoms with van der Waals surface area (Å²) in [6.45, 7) is 1.65. The molecule has 6 heteroatoms. The number of amidine groups is 1. The first-order chi connectivity index (χ1) is 7.49. The molecule has 0 atom stereocenters. The molecule has 4 N–H and O–H groups in total. The van der Waals surface area contributed by atoms with Crippen molar-refractivity contribution in [2.45, 2.75) is 6.92 Å². The van der Waals surface area contributed by atoms with Gasteiger partial charge in [-0.1, -0.05) is 17.8 Å². The maximum Gasteiger partial charge on any atom is 0.234 e. The Morgan fingerprint density at radius 2 is 2.31 bits per heavy atom. The summed E-state index contributed by atoms with van der Waals surface area (Å²) >= 11 is 0.921. The fraction of sp³-hybridized carbons (Fsp3) is 0.200. The van der Waals surface area contributed by atoms with Crippen molar-refractivity contribution >= 4 is 28.5 Å². The molecule has 1 aromatic rings. The number of nitrogens with two attached hydrogens (primary N) is 1. The number of benzene rings is 1. The predicted molar refractivity (Wildman–Crippen MR) is 64.1 cm³/mol. The quantitative estimate of drug-likeness (QED) is 0.556. The number of anilines is 1. The summed E-state index contributed by atoms with van der Waals surface area (Å²) < 4.78 is 13.1. The Kier molecular flexibility index (Phi) is 4.30. The summed E-state index contributed by atoms with van der Waals surface area (Å²) in [5.41, 5.74) is 6.01. The molecule has 0 unspecified atom stereocenters. The van der Waals surface area contributed by atoms with Gasteiger partial charge in [-0.05, 0) is 24.6 Å². The Balaban J connectivity index is 2.56. The fourth-order valence-corrected chi connectivity index (χ4v) is 1.37. The first-order valence-corrected chi connectivity index (χ1v) is 5.50. The molecule has 1 amide bonds. The van der Waals surface area contributed by atoms with E-state index in [1.54, 1.807) is 19.1 Å². The van der Waals surface area contributed by atoms with E-state index < -0.39 is 0 Å². The van der Waals surface area contributed by atoms with Crippen molar-refractivity contribution in [2.24, 2.45) is 5.73 Å². The number of carbonyl (C=O) groups is 1. The van der Waals surface area contributed by atoms with E-state index in [4.69, 9.17) is 11.1 Å². The number of thioether (sulfide) groups is 1. The van der Waals surface area contributed by atoms with Gasteiger partial charge in [0.1, 0.15) is 5.82 Å². The minimum absolute atomic E-state index is 0.0465. The monoisotopic (exact) mass is 241 g/mol. The maximum absolute atomic E-state index is 13.1. The standard InChI is InChI=1S/C10H12FN3OS/c1-6-2-3-7(4-8(6)11)14-9(15)5-16-10(12)13/h2-4H,5H2,1H3,(H3,12,13)(H,14,15). The number of nitrogens with one attached hydrogen (secondary N) is 2. The van der Waals surface area contributed by atoms with Crippen LogP contribution in [0.1, 0.15) is 5.56 Å². The maximum atomic E-state index is 13.1.